The van der Waals surface area contributed by atoms with E-state index in [1.807, 2.05) is 24.3 Å². The summed E-state index contributed by atoms with van der Waals surface area (Å²) >= 11 is 6.90. The van der Waals surface area contributed by atoms with Gasteiger partial charge < -0.3 is 10.2 Å². The predicted octanol–water partition coefficient (Wildman–Crippen LogP) is 5.90. The average molecular weight is 585 g/mol. The maximum atomic E-state index is 13.2. The SMILES string of the molecule is Cc1cccc(N2CCN(CC(=O)Nc3ccc(Br)cc3C(=O)c3ccccc3Br)CC2C)c1. The molecule has 0 aliphatic carbocycles. The second-order valence-corrected chi connectivity index (χ2v) is 10.4. The molecular weight excluding hydrogens is 558 g/mol. The van der Waals surface area contributed by atoms with Gasteiger partial charge in [-0.25, -0.2) is 0 Å². The number of carbonyl (C=O) groups is 2. The number of benzene rings is 3. The van der Waals surface area contributed by atoms with Crippen molar-refractivity contribution < 1.29 is 9.59 Å². The van der Waals surface area contributed by atoms with Crippen molar-refractivity contribution in [2.45, 2.75) is 19.9 Å². The van der Waals surface area contributed by atoms with Crippen LogP contribution in [0.3, 0.4) is 0 Å². The molecule has 1 heterocycles. The number of nitrogens with one attached hydrogen (secondary N) is 1. The minimum absolute atomic E-state index is 0.125. The van der Waals surface area contributed by atoms with Gasteiger partial charge in [0.2, 0.25) is 5.91 Å². The van der Waals surface area contributed by atoms with E-state index in [0.29, 0.717) is 22.9 Å². The number of halogens is 2. The Bertz CT molecular complexity index is 1210. The summed E-state index contributed by atoms with van der Waals surface area (Å²) in [5.41, 5.74) is 3.99. The highest BCUT2D eigenvalue weighted by Crippen LogP contribution is 2.27. The van der Waals surface area contributed by atoms with E-state index in [-0.39, 0.29) is 18.2 Å². The molecule has 1 aliphatic rings. The Hall–Kier alpha value is -2.48. The molecule has 3 aromatic rings. The summed E-state index contributed by atoms with van der Waals surface area (Å²) in [6.07, 6.45) is 0. The number of carbonyl (C=O) groups excluding carboxylic acids is 2. The molecule has 4 rings (SSSR count). The molecular formula is C27H27Br2N3O2. The first-order chi connectivity index (χ1) is 16.3. The summed E-state index contributed by atoms with van der Waals surface area (Å²) in [5, 5.41) is 2.97. The molecule has 1 atom stereocenters. The fourth-order valence-corrected chi connectivity index (χ4v) is 5.19. The zero-order valence-electron chi connectivity index (χ0n) is 19.2. The van der Waals surface area contributed by atoms with Gasteiger partial charge in [-0.1, -0.05) is 56.1 Å². The molecule has 0 aromatic heterocycles. The van der Waals surface area contributed by atoms with Gasteiger partial charge in [0.15, 0.2) is 5.78 Å². The molecule has 176 valence electrons. The number of aryl methyl sites for hydroxylation is 1. The molecule has 1 saturated heterocycles. The van der Waals surface area contributed by atoms with Crippen LogP contribution in [-0.4, -0.2) is 48.8 Å². The van der Waals surface area contributed by atoms with Crippen LogP contribution in [0.1, 0.15) is 28.4 Å². The first kappa shape index (κ1) is 24.6. The van der Waals surface area contributed by atoms with Gasteiger partial charge in [0.05, 0.1) is 12.2 Å². The van der Waals surface area contributed by atoms with Crippen LogP contribution in [0.5, 0.6) is 0 Å². The first-order valence-corrected chi connectivity index (χ1v) is 12.8. The van der Waals surface area contributed by atoms with Gasteiger partial charge in [-0.15, -0.1) is 0 Å². The van der Waals surface area contributed by atoms with E-state index >= 15 is 0 Å². The lowest BCUT2D eigenvalue weighted by molar-refractivity contribution is -0.117. The van der Waals surface area contributed by atoms with Crippen molar-refractivity contribution in [1.82, 2.24) is 4.90 Å². The van der Waals surface area contributed by atoms with Crippen LogP contribution in [0.15, 0.2) is 75.7 Å². The zero-order chi connectivity index (χ0) is 24.2. The molecule has 1 unspecified atom stereocenters. The monoisotopic (exact) mass is 583 g/mol. The van der Waals surface area contributed by atoms with Crippen molar-refractivity contribution in [2.75, 3.05) is 36.4 Å². The van der Waals surface area contributed by atoms with E-state index in [9.17, 15) is 9.59 Å². The van der Waals surface area contributed by atoms with Crippen molar-refractivity contribution in [3.05, 3.63) is 92.4 Å². The Balaban J connectivity index is 1.43. The molecule has 1 N–H and O–H groups in total. The van der Waals surface area contributed by atoms with E-state index < -0.39 is 0 Å². The molecule has 0 bridgehead atoms. The fourth-order valence-electron chi connectivity index (χ4n) is 4.36. The number of amides is 1. The van der Waals surface area contributed by atoms with Gasteiger partial charge in [-0.3, -0.25) is 14.5 Å². The summed E-state index contributed by atoms with van der Waals surface area (Å²) in [5.74, 6) is -0.274. The molecule has 0 spiro atoms. The minimum Gasteiger partial charge on any atom is -0.366 e. The number of piperazine rings is 1. The molecule has 5 nitrogen and oxygen atoms in total. The van der Waals surface area contributed by atoms with E-state index in [0.717, 1.165) is 28.6 Å². The van der Waals surface area contributed by atoms with Crippen LogP contribution in [0.2, 0.25) is 0 Å². The smallest absolute Gasteiger partial charge is 0.238 e. The minimum atomic E-state index is -0.149. The van der Waals surface area contributed by atoms with E-state index in [4.69, 9.17) is 0 Å². The highest BCUT2D eigenvalue weighted by molar-refractivity contribution is 9.10. The number of ketones is 1. The topological polar surface area (TPSA) is 52.6 Å². The third-order valence-electron chi connectivity index (χ3n) is 6.03. The zero-order valence-corrected chi connectivity index (χ0v) is 22.4. The highest BCUT2D eigenvalue weighted by atomic mass is 79.9. The molecule has 1 fully saturated rings. The third kappa shape index (κ3) is 5.77. The number of nitrogens with zero attached hydrogens (tertiary/aromatic N) is 2. The van der Waals surface area contributed by atoms with Crippen molar-refractivity contribution in [1.29, 1.82) is 0 Å². The quantitative estimate of drug-likeness (QED) is 0.367. The summed E-state index contributed by atoms with van der Waals surface area (Å²) in [6, 6.07) is 21.5. The first-order valence-electron chi connectivity index (χ1n) is 11.3. The van der Waals surface area contributed by atoms with Gasteiger partial charge in [-0.2, -0.15) is 0 Å². The lowest BCUT2D eigenvalue weighted by Crippen LogP contribution is -2.53. The molecule has 1 aliphatic heterocycles. The Labute approximate surface area is 217 Å². The van der Waals surface area contributed by atoms with Gasteiger partial charge in [-0.05, 0) is 61.9 Å². The molecule has 34 heavy (non-hydrogen) atoms. The normalized spacial score (nSPS) is 16.4. The second kappa shape index (κ2) is 10.8. The number of hydrogen-bond donors (Lipinski definition) is 1. The molecule has 0 radical (unpaired) electrons. The Kier molecular flexibility index (Phi) is 7.86. The van der Waals surface area contributed by atoms with Crippen LogP contribution < -0.4 is 10.2 Å². The summed E-state index contributed by atoms with van der Waals surface area (Å²) < 4.78 is 1.50. The highest BCUT2D eigenvalue weighted by Gasteiger charge is 2.26. The Morgan fingerprint density at radius 1 is 0.971 bits per heavy atom. The van der Waals surface area contributed by atoms with E-state index in [1.165, 1.54) is 11.3 Å². The average Bonchev–Trinajstić information content (AvgIpc) is 2.80. The summed E-state index contributed by atoms with van der Waals surface area (Å²) in [7, 11) is 0. The largest absolute Gasteiger partial charge is 0.366 e. The molecule has 0 saturated carbocycles. The van der Waals surface area contributed by atoms with Gasteiger partial charge in [0.1, 0.15) is 0 Å². The Morgan fingerprint density at radius 2 is 1.76 bits per heavy atom. The van der Waals surface area contributed by atoms with Gasteiger partial charge in [0.25, 0.3) is 0 Å². The van der Waals surface area contributed by atoms with Gasteiger partial charge >= 0.3 is 0 Å². The van der Waals surface area contributed by atoms with Crippen LogP contribution in [-0.2, 0) is 4.79 Å². The van der Waals surface area contributed by atoms with E-state index in [1.54, 1.807) is 18.2 Å². The van der Waals surface area contributed by atoms with Crippen LogP contribution >= 0.6 is 31.9 Å². The standard InChI is InChI=1S/C27H27Br2N3O2/c1-18-6-5-7-21(14-18)32-13-12-31(16-19(32)2)17-26(33)30-25-11-10-20(28)15-23(25)27(34)22-8-3-4-9-24(22)29/h3-11,14-15,19H,12-13,16-17H2,1-2H3,(H,30,33). The van der Waals surface area contributed by atoms with Crippen LogP contribution in [0.4, 0.5) is 11.4 Å². The lowest BCUT2D eigenvalue weighted by Gasteiger charge is -2.41. The Morgan fingerprint density at radius 3 is 2.50 bits per heavy atom. The predicted molar refractivity (Wildman–Crippen MR) is 145 cm³/mol. The van der Waals surface area contributed by atoms with Crippen LogP contribution in [0, 0.1) is 6.92 Å². The van der Waals surface area contributed by atoms with Crippen molar-refractivity contribution in [3.8, 4) is 0 Å². The van der Waals surface area contributed by atoms with E-state index in [2.05, 4.69) is 85.1 Å². The molecule has 1 amide bonds. The third-order valence-corrected chi connectivity index (χ3v) is 7.22. The maximum absolute atomic E-state index is 13.2. The lowest BCUT2D eigenvalue weighted by atomic mass is 10.0. The van der Waals surface area contributed by atoms with Crippen molar-refractivity contribution >= 4 is 54.9 Å². The molecule has 3 aromatic carbocycles. The second-order valence-electron chi connectivity index (χ2n) is 8.66. The van der Waals surface area contributed by atoms with Crippen molar-refractivity contribution in [2.24, 2.45) is 0 Å². The summed E-state index contributed by atoms with van der Waals surface area (Å²) in [4.78, 5) is 30.7. The van der Waals surface area contributed by atoms with Crippen LogP contribution in [0.25, 0.3) is 0 Å². The van der Waals surface area contributed by atoms with Gasteiger partial charge in [0, 0.05) is 51.4 Å². The fraction of sp³-hybridized carbons (Fsp3) is 0.259. The number of rotatable bonds is 6. The van der Waals surface area contributed by atoms with Crippen molar-refractivity contribution in [3.63, 3.8) is 0 Å². The maximum Gasteiger partial charge on any atom is 0.238 e. The summed E-state index contributed by atoms with van der Waals surface area (Å²) in [6.45, 7) is 7.04. The number of hydrogen-bond acceptors (Lipinski definition) is 4. The number of anilines is 2. The molecule has 7 heteroatoms.